The second-order valence-electron chi connectivity index (χ2n) is 3.63. The molecule has 0 heterocycles. The maximum Gasteiger partial charge on any atom is 0.205 e. The van der Waals surface area contributed by atoms with Crippen LogP contribution in [0.25, 0.3) is 9.69 Å². The van der Waals surface area contributed by atoms with Crippen molar-refractivity contribution < 1.29 is 9.87 Å². The number of hydrazine groups is 2. The first-order chi connectivity index (χ1) is 11.0. The fourth-order valence-corrected chi connectivity index (χ4v) is 1.69. The molecule has 24 heavy (non-hydrogen) atoms. The second kappa shape index (κ2) is 13.0. The summed E-state index contributed by atoms with van der Waals surface area (Å²) in [6.07, 6.45) is 0. The Labute approximate surface area is 148 Å². The van der Waals surface area contributed by atoms with E-state index in [1.165, 1.54) is 12.1 Å². The molecule has 0 spiro atoms. The molecule has 9 N–H and O–H groups in total. The van der Waals surface area contributed by atoms with E-state index in [0.717, 1.165) is 6.07 Å². The molecule has 0 aliphatic heterocycles. The zero-order chi connectivity index (χ0) is 17.8. The minimum absolute atomic E-state index is 0. The molecule has 7 nitrogen and oxygen atoms in total. The van der Waals surface area contributed by atoms with Crippen LogP contribution in [-0.2, 0) is 0 Å². The third-order valence-corrected chi connectivity index (χ3v) is 2.87. The fraction of sp³-hybridized carbons (Fsp3) is 0. The summed E-state index contributed by atoms with van der Waals surface area (Å²) in [4.78, 5) is 6.26. The molecule has 0 aliphatic carbocycles. The summed E-state index contributed by atoms with van der Waals surface area (Å²) in [6.45, 7) is 13.3. The predicted octanol–water partition coefficient (Wildman–Crippen LogP) is 3.20. The first-order valence-electron chi connectivity index (χ1n) is 5.81. The molecule has 0 saturated heterocycles. The lowest BCUT2D eigenvalue weighted by Gasteiger charge is -1.99. The average molecular weight is 373 g/mol. The number of nitrogen functional groups attached to an aromatic ring is 1. The molecule has 0 aliphatic rings. The topological polar surface area (TPSA) is 130 Å². The Kier molecular flexibility index (Phi) is 13.0. The maximum absolute atomic E-state index is 12.3. The van der Waals surface area contributed by atoms with Crippen LogP contribution in [-0.4, -0.2) is 5.48 Å². The van der Waals surface area contributed by atoms with E-state index in [1.54, 1.807) is 18.2 Å². The Bertz CT molecular complexity index is 730. The minimum Gasteiger partial charge on any atom is -0.412 e. The van der Waals surface area contributed by atoms with E-state index in [-0.39, 0.29) is 16.2 Å². The third-order valence-electron chi connectivity index (χ3n) is 2.26. The molecule has 2 rings (SSSR count). The summed E-state index contributed by atoms with van der Waals surface area (Å²) in [5.41, 5.74) is 3.84. The highest BCUT2D eigenvalue weighted by molar-refractivity contribution is 6.33. The molecule has 0 bridgehead atoms. The fourth-order valence-electron chi connectivity index (χ4n) is 1.26. The monoisotopic (exact) mass is 372 g/mol. The van der Waals surface area contributed by atoms with Crippen molar-refractivity contribution in [3.8, 4) is 0 Å². The summed E-state index contributed by atoms with van der Waals surface area (Å²) in [6, 6.07) is 8.59. The number of halogens is 3. The van der Waals surface area contributed by atoms with E-state index in [1.807, 2.05) is 0 Å². The predicted molar refractivity (Wildman–Crippen MR) is 95.2 cm³/mol. The number of hydrogen-bond donors (Lipinski definition) is 4. The molecule has 2 aromatic rings. The van der Waals surface area contributed by atoms with E-state index in [4.69, 9.17) is 42.2 Å². The van der Waals surface area contributed by atoms with E-state index >= 15 is 0 Å². The number of anilines is 1. The van der Waals surface area contributed by atoms with Crippen molar-refractivity contribution >= 4 is 40.3 Å². The quantitative estimate of drug-likeness (QED) is 0.347. The van der Waals surface area contributed by atoms with E-state index in [9.17, 15) is 4.39 Å². The van der Waals surface area contributed by atoms with Gasteiger partial charge in [0, 0.05) is 15.7 Å². The van der Waals surface area contributed by atoms with Gasteiger partial charge in [-0.15, -0.1) is 0 Å². The number of benzene rings is 2. The Hall–Kier alpha value is -2.43. The van der Waals surface area contributed by atoms with Crippen LogP contribution in [0.4, 0.5) is 21.5 Å². The van der Waals surface area contributed by atoms with Crippen LogP contribution in [0.1, 0.15) is 0 Å². The normalized spacial score (nSPS) is 8.00. The van der Waals surface area contributed by atoms with Gasteiger partial charge in [-0.05, 0) is 24.3 Å². The highest BCUT2D eigenvalue weighted by atomic mass is 35.5. The minimum atomic E-state index is -0.419. The lowest BCUT2D eigenvalue weighted by atomic mass is 10.3. The molecule has 2 aromatic carbocycles. The van der Waals surface area contributed by atoms with Gasteiger partial charge < -0.3 is 10.9 Å². The summed E-state index contributed by atoms with van der Waals surface area (Å²) >= 11 is 11.2. The molecular formula is C14H15Cl2FN6O. The molecule has 0 fully saturated rings. The Morgan fingerprint density at radius 1 is 0.917 bits per heavy atom. The lowest BCUT2D eigenvalue weighted by Crippen LogP contribution is -2.05. The van der Waals surface area contributed by atoms with Gasteiger partial charge >= 0.3 is 0 Å². The van der Waals surface area contributed by atoms with E-state index in [0.29, 0.717) is 16.4 Å². The average Bonchev–Trinajstić information content (AvgIpc) is 2.57. The molecule has 0 radical (unpaired) electrons. The molecule has 0 saturated carbocycles. The summed E-state index contributed by atoms with van der Waals surface area (Å²) in [5, 5.41) is 0.574. The van der Waals surface area contributed by atoms with Crippen molar-refractivity contribution in [3.63, 3.8) is 0 Å². The SMILES string of the molecule is NN.O.[C-]#[N+]c1ccc(F)cc1Cl.[C-]#[N+]c1ccc(NN)cc1Cl. The molecule has 0 unspecified atom stereocenters. The lowest BCUT2D eigenvalue weighted by molar-refractivity contribution is 0.628. The summed E-state index contributed by atoms with van der Waals surface area (Å²) in [7, 11) is 0. The van der Waals surface area contributed by atoms with E-state index < -0.39 is 5.82 Å². The first kappa shape index (κ1) is 23.8. The largest absolute Gasteiger partial charge is 0.412 e. The molecule has 0 amide bonds. The van der Waals surface area contributed by atoms with Crippen LogP contribution in [0, 0.1) is 19.0 Å². The van der Waals surface area contributed by atoms with E-state index in [2.05, 4.69) is 26.8 Å². The van der Waals surface area contributed by atoms with Crippen molar-refractivity contribution in [1.82, 2.24) is 0 Å². The van der Waals surface area contributed by atoms with Gasteiger partial charge in [0.05, 0.1) is 13.1 Å². The Balaban J connectivity index is 0. The van der Waals surface area contributed by atoms with Crippen LogP contribution >= 0.6 is 23.2 Å². The standard InChI is InChI=1S/C7H3ClFN.C7H6ClN3.H4N2.H2O/c1-10-7-3-2-5(9)4-6(7)8;1-10-7-3-2-5(11-9)4-6(7)8;1-2;/h2-4H;2-4,11H,9H2;1-2H2;1H2. The van der Waals surface area contributed by atoms with Crippen molar-refractivity contribution in [3.05, 3.63) is 75.1 Å². The first-order valence-corrected chi connectivity index (χ1v) is 6.57. The third kappa shape index (κ3) is 7.72. The number of nitrogens with one attached hydrogen (secondary N) is 1. The molecule has 0 atom stereocenters. The molecule has 10 heteroatoms. The zero-order valence-corrected chi connectivity index (χ0v) is 13.7. The maximum atomic E-state index is 12.3. The molecule has 128 valence electrons. The highest BCUT2D eigenvalue weighted by Gasteiger charge is 1.99. The van der Waals surface area contributed by atoms with Crippen LogP contribution in [0.2, 0.25) is 10.0 Å². The van der Waals surface area contributed by atoms with Gasteiger partial charge in [-0.3, -0.25) is 17.5 Å². The van der Waals surface area contributed by atoms with Gasteiger partial charge in [0.25, 0.3) is 0 Å². The van der Waals surface area contributed by atoms with Gasteiger partial charge in [0.15, 0.2) is 0 Å². The number of rotatable bonds is 1. The van der Waals surface area contributed by atoms with Crippen molar-refractivity contribution in [2.45, 2.75) is 0 Å². The smallest absolute Gasteiger partial charge is 0.205 e. The van der Waals surface area contributed by atoms with Gasteiger partial charge in [-0.25, -0.2) is 14.1 Å². The Morgan fingerprint density at radius 2 is 1.38 bits per heavy atom. The van der Waals surface area contributed by atoms with Crippen molar-refractivity contribution in [2.24, 2.45) is 17.5 Å². The molecule has 0 aromatic heterocycles. The summed E-state index contributed by atoms with van der Waals surface area (Å²) in [5.74, 6) is 12.7. The van der Waals surface area contributed by atoms with Crippen molar-refractivity contribution in [2.75, 3.05) is 5.43 Å². The zero-order valence-electron chi connectivity index (χ0n) is 12.2. The number of nitrogens with two attached hydrogens (primary N) is 3. The van der Waals surface area contributed by atoms with Crippen LogP contribution in [0.5, 0.6) is 0 Å². The second-order valence-corrected chi connectivity index (χ2v) is 4.44. The molecular weight excluding hydrogens is 358 g/mol. The van der Waals surface area contributed by atoms with Gasteiger partial charge in [0.1, 0.15) is 5.82 Å². The van der Waals surface area contributed by atoms with Gasteiger partial charge in [-0.2, -0.15) is 0 Å². The van der Waals surface area contributed by atoms with Crippen LogP contribution in [0.15, 0.2) is 36.4 Å². The van der Waals surface area contributed by atoms with Crippen LogP contribution in [0.3, 0.4) is 0 Å². The van der Waals surface area contributed by atoms with Gasteiger partial charge in [-0.1, -0.05) is 35.3 Å². The van der Waals surface area contributed by atoms with Gasteiger partial charge in [0.2, 0.25) is 11.4 Å². The highest BCUT2D eigenvalue weighted by Crippen LogP contribution is 2.27. The number of nitrogens with zero attached hydrogens (tertiary/aromatic N) is 2. The Morgan fingerprint density at radius 3 is 1.75 bits per heavy atom. The summed E-state index contributed by atoms with van der Waals surface area (Å²) < 4.78 is 12.3. The van der Waals surface area contributed by atoms with Crippen molar-refractivity contribution in [1.29, 1.82) is 0 Å². The van der Waals surface area contributed by atoms with Crippen LogP contribution < -0.4 is 23.0 Å². The number of hydrogen-bond acceptors (Lipinski definition) is 4.